The Hall–Kier alpha value is -1.57. The zero-order valence-electron chi connectivity index (χ0n) is 8.98. The van der Waals surface area contributed by atoms with Crippen LogP contribution in [0.25, 0.3) is 0 Å². The topological polar surface area (TPSA) is 26.3 Å². The van der Waals surface area contributed by atoms with Crippen molar-refractivity contribution >= 4 is 5.97 Å². The molecule has 0 radical (unpaired) electrons. The highest BCUT2D eigenvalue weighted by atomic mass is 16.5. The van der Waals surface area contributed by atoms with E-state index in [1.54, 1.807) is 6.08 Å². The summed E-state index contributed by atoms with van der Waals surface area (Å²) in [6.07, 6.45) is 2.36. The Morgan fingerprint density at radius 1 is 1.47 bits per heavy atom. The summed E-state index contributed by atoms with van der Waals surface area (Å²) in [4.78, 5) is 11.7. The van der Waals surface area contributed by atoms with E-state index in [1.807, 2.05) is 37.3 Å². The minimum Gasteiger partial charge on any atom is -0.466 e. The number of carbonyl (C=O) groups excluding carboxylic acids is 1. The number of benzene rings is 1. The lowest BCUT2D eigenvalue weighted by Crippen LogP contribution is -2.15. The van der Waals surface area contributed by atoms with Crippen molar-refractivity contribution in [3.8, 4) is 0 Å². The Bertz CT molecular complexity index is 317. The summed E-state index contributed by atoms with van der Waals surface area (Å²) in [6, 6.07) is 9.64. The van der Waals surface area contributed by atoms with Crippen molar-refractivity contribution in [2.75, 3.05) is 6.61 Å². The molecule has 0 aliphatic heterocycles. The lowest BCUT2D eigenvalue weighted by Gasteiger charge is -2.13. The minimum absolute atomic E-state index is 0.177. The van der Waals surface area contributed by atoms with Crippen LogP contribution in [0.2, 0.25) is 0 Å². The monoisotopic (exact) mass is 204 g/mol. The van der Waals surface area contributed by atoms with Crippen molar-refractivity contribution in [2.24, 2.45) is 0 Å². The third-order valence-corrected chi connectivity index (χ3v) is 2.18. The molecule has 1 atom stereocenters. The van der Waals surface area contributed by atoms with E-state index in [0.29, 0.717) is 13.0 Å². The van der Waals surface area contributed by atoms with Gasteiger partial charge in [-0.2, -0.15) is 0 Å². The molecule has 0 spiro atoms. The van der Waals surface area contributed by atoms with Crippen LogP contribution in [0.3, 0.4) is 0 Å². The summed E-state index contributed by atoms with van der Waals surface area (Å²) in [5, 5.41) is 0. The highest BCUT2D eigenvalue weighted by Crippen LogP contribution is 2.21. The summed E-state index contributed by atoms with van der Waals surface area (Å²) < 4.78 is 5.02. The maximum Gasteiger partial charge on any atom is 0.313 e. The molecule has 0 unspecified atom stereocenters. The molecule has 2 heteroatoms. The maximum atomic E-state index is 11.7. The van der Waals surface area contributed by atoms with E-state index in [1.165, 1.54) is 0 Å². The molecule has 0 fully saturated rings. The van der Waals surface area contributed by atoms with Crippen LogP contribution in [-0.4, -0.2) is 12.6 Å². The van der Waals surface area contributed by atoms with Gasteiger partial charge in [0.25, 0.3) is 0 Å². The van der Waals surface area contributed by atoms with Gasteiger partial charge in [0.15, 0.2) is 0 Å². The lowest BCUT2D eigenvalue weighted by molar-refractivity contribution is -0.144. The fourth-order valence-corrected chi connectivity index (χ4v) is 1.46. The van der Waals surface area contributed by atoms with Crippen LogP contribution in [0.15, 0.2) is 43.0 Å². The number of hydrogen-bond acceptors (Lipinski definition) is 2. The van der Waals surface area contributed by atoms with Crippen LogP contribution in [0.1, 0.15) is 24.8 Å². The largest absolute Gasteiger partial charge is 0.466 e. The van der Waals surface area contributed by atoms with Crippen molar-refractivity contribution < 1.29 is 9.53 Å². The van der Waals surface area contributed by atoms with E-state index < -0.39 is 0 Å². The Kier molecular flexibility index (Phi) is 4.61. The second-order valence-electron chi connectivity index (χ2n) is 3.24. The van der Waals surface area contributed by atoms with Gasteiger partial charge in [0, 0.05) is 0 Å². The van der Waals surface area contributed by atoms with Gasteiger partial charge in [-0.25, -0.2) is 0 Å². The molecule has 0 N–H and O–H groups in total. The standard InChI is InChI=1S/C13H16O2/c1-3-8-12(13(14)15-4-2)11-9-6-5-7-10-11/h3,5-7,9-10,12H,1,4,8H2,2H3/t12-/m1/s1. The zero-order valence-corrected chi connectivity index (χ0v) is 8.98. The summed E-state index contributed by atoms with van der Waals surface area (Å²) in [5.74, 6) is -0.396. The minimum atomic E-state index is -0.219. The predicted molar refractivity (Wildman–Crippen MR) is 60.6 cm³/mol. The fourth-order valence-electron chi connectivity index (χ4n) is 1.46. The highest BCUT2D eigenvalue weighted by Gasteiger charge is 2.19. The molecule has 0 bridgehead atoms. The van der Waals surface area contributed by atoms with Crippen LogP contribution < -0.4 is 0 Å². The van der Waals surface area contributed by atoms with E-state index in [0.717, 1.165) is 5.56 Å². The van der Waals surface area contributed by atoms with E-state index >= 15 is 0 Å². The fraction of sp³-hybridized carbons (Fsp3) is 0.308. The van der Waals surface area contributed by atoms with E-state index in [4.69, 9.17) is 4.74 Å². The van der Waals surface area contributed by atoms with Gasteiger partial charge >= 0.3 is 5.97 Å². The molecule has 0 aliphatic rings. The van der Waals surface area contributed by atoms with Gasteiger partial charge in [0.05, 0.1) is 12.5 Å². The zero-order chi connectivity index (χ0) is 11.1. The van der Waals surface area contributed by atoms with Crippen molar-refractivity contribution in [1.82, 2.24) is 0 Å². The number of allylic oxidation sites excluding steroid dienone is 1. The first kappa shape index (κ1) is 11.5. The first-order chi connectivity index (χ1) is 7.29. The van der Waals surface area contributed by atoms with Crippen molar-refractivity contribution in [3.63, 3.8) is 0 Å². The number of carbonyl (C=O) groups is 1. The molecule has 0 aromatic heterocycles. The van der Waals surface area contributed by atoms with Crippen LogP contribution in [0.5, 0.6) is 0 Å². The first-order valence-electron chi connectivity index (χ1n) is 5.12. The lowest BCUT2D eigenvalue weighted by atomic mass is 9.96. The van der Waals surface area contributed by atoms with Crippen molar-refractivity contribution in [2.45, 2.75) is 19.3 Å². The Morgan fingerprint density at radius 2 is 2.13 bits per heavy atom. The molecule has 1 rings (SSSR count). The van der Waals surface area contributed by atoms with Crippen LogP contribution in [0.4, 0.5) is 0 Å². The molecule has 0 heterocycles. The average Bonchev–Trinajstić information content (AvgIpc) is 2.27. The molecule has 1 aromatic rings. The number of ether oxygens (including phenoxy) is 1. The Morgan fingerprint density at radius 3 is 2.67 bits per heavy atom. The molecular formula is C13H16O2. The van der Waals surface area contributed by atoms with Crippen molar-refractivity contribution in [3.05, 3.63) is 48.6 Å². The smallest absolute Gasteiger partial charge is 0.313 e. The second kappa shape index (κ2) is 6.02. The normalized spacial score (nSPS) is 11.8. The Balaban J connectivity index is 2.82. The molecule has 80 valence electrons. The molecule has 1 aromatic carbocycles. The summed E-state index contributed by atoms with van der Waals surface area (Å²) in [5.41, 5.74) is 0.982. The van der Waals surface area contributed by atoms with E-state index in [2.05, 4.69) is 6.58 Å². The molecule has 0 saturated heterocycles. The quantitative estimate of drug-likeness (QED) is 0.544. The Labute approximate surface area is 90.6 Å². The highest BCUT2D eigenvalue weighted by molar-refractivity contribution is 5.78. The number of rotatable bonds is 5. The maximum absolute atomic E-state index is 11.7. The van der Waals surface area contributed by atoms with Crippen LogP contribution >= 0.6 is 0 Å². The van der Waals surface area contributed by atoms with Crippen LogP contribution in [-0.2, 0) is 9.53 Å². The SMILES string of the molecule is C=CC[C@@H](C(=O)OCC)c1ccccc1. The van der Waals surface area contributed by atoms with Gasteiger partial charge in [-0.3, -0.25) is 4.79 Å². The van der Waals surface area contributed by atoms with Crippen molar-refractivity contribution in [1.29, 1.82) is 0 Å². The summed E-state index contributed by atoms with van der Waals surface area (Å²) in [7, 11) is 0. The third-order valence-electron chi connectivity index (χ3n) is 2.18. The number of hydrogen-bond donors (Lipinski definition) is 0. The molecule has 0 amide bonds. The second-order valence-corrected chi connectivity index (χ2v) is 3.24. The molecule has 0 saturated carbocycles. The van der Waals surface area contributed by atoms with Crippen LogP contribution in [0, 0.1) is 0 Å². The van der Waals surface area contributed by atoms with Gasteiger partial charge < -0.3 is 4.74 Å². The average molecular weight is 204 g/mol. The predicted octanol–water partition coefficient (Wildman–Crippen LogP) is 2.91. The molecular weight excluding hydrogens is 188 g/mol. The summed E-state index contributed by atoms with van der Waals surface area (Å²) >= 11 is 0. The molecule has 2 nitrogen and oxygen atoms in total. The van der Waals surface area contributed by atoms with Gasteiger partial charge in [0.1, 0.15) is 0 Å². The van der Waals surface area contributed by atoms with Gasteiger partial charge in [-0.15, -0.1) is 6.58 Å². The molecule has 0 aliphatic carbocycles. The van der Waals surface area contributed by atoms with E-state index in [-0.39, 0.29) is 11.9 Å². The summed E-state index contributed by atoms with van der Waals surface area (Å²) in [6.45, 7) is 5.89. The van der Waals surface area contributed by atoms with Gasteiger partial charge in [-0.1, -0.05) is 36.4 Å². The third kappa shape index (κ3) is 3.24. The number of esters is 1. The van der Waals surface area contributed by atoms with Gasteiger partial charge in [-0.05, 0) is 18.9 Å². The van der Waals surface area contributed by atoms with E-state index in [9.17, 15) is 4.79 Å². The molecule has 15 heavy (non-hydrogen) atoms. The van der Waals surface area contributed by atoms with Gasteiger partial charge in [0.2, 0.25) is 0 Å². The first-order valence-corrected chi connectivity index (χ1v) is 5.12.